The van der Waals surface area contributed by atoms with Crippen molar-refractivity contribution in [3.05, 3.63) is 11.8 Å². The Balaban J connectivity index is -0.000000652. The van der Waals surface area contributed by atoms with Crippen molar-refractivity contribution in [2.24, 2.45) is 0 Å². The summed E-state index contributed by atoms with van der Waals surface area (Å²) in [7, 11) is 0. The summed E-state index contributed by atoms with van der Waals surface area (Å²) in [6, 6.07) is 0. The van der Waals surface area contributed by atoms with Crippen LogP contribution in [-0.4, -0.2) is 233 Å². The molecular weight excluding hydrogens is 792 g/mol. The molecule has 344 valence electrons. The molecule has 0 aromatic rings. The number of hydrogen-bond acceptors (Lipinski definition) is 22. The largest absolute Gasteiger partial charge is 0.493 e. The van der Waals surface area contributed by atoms with Gasteiger partial charge in [0.25, 0.3) is 0 Å². The van der Waals surface area contributed by atoms with Gasteiger partial charge in [-0.3, -0.25) is 9.59 Å². The summed E-state index contributed by atoms with van der Waals surface area (Å²) >= 11 is 0. The molecule has 24 heteroatoms. The minimum atomic E-state index is -2.25. The van der Waals surface area contributed by atoms with Gasteiger partial charge in [-0.15, -0.1) is 0 Å². The maximum absolute atomic E-state index is 10.5. The fourth-order valence-corrected chi connectivity index (χ4v) is 4.68. The van der Waals surface area contributed by atoms with E-state index in [1.165, 1.54) is 6.08 Å². The minimum absolute atomic E-state index is 0. The second-order valence-corrected chi connectivity index (χ2v) is 13.3. The molecule has 3 rings (SSSR count). The SMILES string of the molecule is C.CC(=O)C(O)C(O)C(=O)O.CC(=O)C(O)C(O)C(O)C(O)C(=O)O.CC1=CC(O)C(O)C(C)O1.CC1OC(C)C(O)C(O)C1O.CC1OC(CO)C(O)C(O)C1O. The number of Topliss-reactive ketones (excluding diaryl/α,β-unsaturated/α-hetero) is 2. The van der Waals surface area contributed by atoms with Gasteiger partial charge < -0.3 is 101 Å². The van der Waals surface area contributed by atoms with Gasteiger partial charge >= 0.3 is 11.9 Å². The van der Waals surface area contributed by atoms with Crippen LogP contribution in [0.1, 0.15) is 55.9 Å². The van der Waals surface area contributed by atoms with Gasteiger partial charge in [-0.25, -0.2) is 9.59 Å². The van der Waals surface area contributed by atoms with Gasteiger partial charge in [0.1, 0.15) is 85.5 Å². The highest BCUT2D eigenvalue weighted by Gasteiger charge is 2.42. The van der Waals surface area contributed by atoms with E-state index in [-0.39, 0.29) is 20.1 Å². The summed E-state index contributed by atoms with van der Waals surface area (Å²) in [6.07, 6.45) is -21.3. The van der Waals surface area contributed by atoms with E-state index in [0.717, 1.165) is 13.8 Å². The number of carbonyl (C=O) groups excluding carboxylic acids is 2. The first kappa shape index (κ1) is 59.5. The van der Waals surface area contributed by atoms with Gasteiger partial charge in [0.2, 0.25) is 0 Å². The third kappa shape index (κ3) is 19.0. The Morgan fingerprint density at radius 1 is 0.552 bits per heavy atom. The van der Waals surface area contributed by atoms with Crippen LogP contribution in [0.15, 0.2) is 11.8 Å². The number of aliphatic hydroxyl groups excluding tert-OH is 15. The van der Waals surface area contributed by atoms with Crippen LogP contribution in [0.2, 0.25) is 0 Å². The average molecular weight is 857 g/mol. The van der Waals surface area contributed by atoms with Crippen LogP contribution in [0, 0.1) is 0 Å². The molecule has 0 saturated carbocycles. The number of ether oxygens (including phenoxy) is 3. The third-order valence-corrected chi connectivity index (χ3v) is 8.47. The lowest BCUT2D eigenvalue weighted by Gasteiger charge is -2.38. The van der Waals surface area contributed by atoms with Crippen LogP contribution in [0.3, 0.4) is 0 Å². The molecule has 0 amide bonds. The Morgan fingerprint density at radius 2 is 0.914 bits per heavy atom. The third-order valence-electron chi connectivity index (χ3n) is 8.47. The zero-order valence-corrected chi connectivity index (χ0v) is 32.2. The molecule has 0 radical (unpaired) electrons. The number of aliphatic carboxylic acids is 2. The molecule has 0 bridgehead atoms. The van der Waals surface area contributed by atoms with E-state index in [0.29, 0.717) is 5.76 Å². The first-order valence-electron chi connectivity index (χ1n) is 17.2. The molecule has 2 fully saturated rings. The lowest BCUT2D eigenvalue weighted by Crippen LogP contribution is -2.57. The van der Waals surface area contributed by atoms with Gasteiger partial charge in [-0.2, -0.15) is 0 Å². The van der Waals surface area contributed by atoms with E-state index in [1.807, 2.05) is 0 Å². The quantitative estimate of drug-likeness (QED) is 0.102. The molecule has 3 aliphatic rings. The van der Waals surface area contributed by atoms with Crippen LogP contribution >= 0.6 is 0 Å². The first-order valence-corrected chi connectivity index (χ1v) is 17.2. The number of carbonyl (C=O) groups is 4. The molecule has 0 aromatic heterocycles. The summed E-state index contributed by atoms with van der Waals surface area (Å²) < 4.78 is 15.3. The van der Waals surface area contributed by atoms with Crippen molar-refractivity contribution < 1.29 is 120 Å². The van der Waals surface area contributed by atoms with Crippen molar-refractivity contribution >= 4 is 23.5 Å². The maximum atomic E-state index is 10.5. The zero-order valence-electron chi connectivity index (χ0n) is 32.2. The first-order chi connectivity index (χ1) is 26.0. The van der Waals surface area contributed by atoms with Crippen molar-refractivity contribution in [1.29, 1.82) is 0 Å². The van der Waals surface area contributed by atoms with Crippen molar-refractivity contribution in [3.8, 4) is 0 Å². The molecule has 3 heterocycles. The summed E-state index contributed by atoms with van der Waals surface area (Å²) in [5.74, 6) is -4.30. The van der Waals surface area contributed by atoms with Gasteiger partial charge in [0.05, 0.1) is 30.7 Å². The van der Waals surface area contributed by atoms with Crippen LogP contribution < -0.4 is 0 Å². The molecule has 58 heavy (non-hydrogen) atoms. The molecule has 0 aliphatic carbocycles. The Kier molecular flexibility index (Phi) is 28.5. The van der Waals surface area contributed by atoms with Crippen LogP contribution in [0.25, 0.3) is 0 Å². The molecule has 18 unspecified atom stereocenters. The molecule has 0 aromatic carbocycles. The van der Waals surface area contributed by atoms with Crippen molar-refractivity contribution in [2.45, 2.75) is 172 Å². The summed E-state index contributed by atoms with van der Waals surface area (Å²) in [6.45, 7) is 9.96. The second-order valence-electron chi connectivity index (χ2n) is 13.3. The molecule has 0 spiro atoms. The van der Waals surface area contributed by atoms with Gasteiger partial charge in [0.15, 0.2) is 23.8 Å². The number of rotatable bonds is 9. The smallest absolute Gasteiger partial charge is 0.335 e. The van der Waals surface area contributed by atoms with E-state index >= 15 is 0 Å². The predicted molar refractivity (Wildman–Crippen MR) is 193 cm³/mol. The predicted octanol–water partition coefficient (Wildman–Crippen LogP) is -7.12. The number of carboxylic acid groups (broad SMARTS) is 2. The number of ketones is 2. The lowest BCUT2D eigenvalue weighted by molar-refractivity contribution is -0.224. The topological polar surface area (TPSA) is 440 Å². The average Bonchev–Trinajstić information content (AvgIpc) is 3.14. The minimum Gasteiger partial charge on any atom is -0.493 e. The molecule has 2 saturated heterocycles. The molecular formula is C34H64O24. The number of allylic oxidation sites excluding steroid dienone is 1. The molecule has 24 nitrogen and oxygen atoms in total. The lowest BCUT2D eigenvalue weighted by atomic mass is 9.96. The fourth-order valence-electron chi connectivity index (χ4n) is 4.68. The van der Waals surface area contributed by atoms with Gasteiger partial charge in [-0.05, 0) is 54.5 Å². The van der Waals surface area contributed by atoms with Crippen LogP contribution in [0.5, 0.6) is 0 Å². The Hall–Kier alpha value is -2.86. The second kappa shape index (κ2) is 27.8. The molecule has 18 atom stereocenters. The Morgan fingerprint density at radius 3 is 1.24 bits per heavy atom. The van der Waals surface area contributed by atoms with Gasteiger partial charge in [0, 0.05) is 0 Å². The summed E-state index contributed by atoms with van der Waals surface area (Å²) in [5.41, 5.74) is 0. The number of hydrogen-bond donors (Lipinski definition) is 17. The highest BCUT2D eigenvalue weighted by molar-refractivity contribution is 5.87. The Bertz CT molecular complexity index is 1190. The van der Waals surface area contributed by atoms with Crippen LogP contribution in [0.4, 0.5) is 0 Å². The fraction of sp³-hybridized carbons (Fsp3) is 0.824. The monoisotopic (exact) mass is 856 g/mol. The van der Waals surface area contributed by atoms with Gasteiger partial charge in [-0.1, -0.05) is 7.43 Å². The standard InChI is InChI=1S/C7H12O7.C7H14O5.C7H14O4.C7H12O3.C5H8O5.CH4/c1-2(8)3(9)4(10)5(11)6(12)7(13)14;1-3-5(9)7(11)6(10)4(2-8)12-3;1-3-5(8)7(10)6(9)4(2)11-3;1-4-3-6(8)7(9)5(2)10-4;1-2(6)3(7)4(8)5(9)10;/h3-6,9-12H,1H3,(H,13,14);3-11H,2H2,1H3;3-10H,1-2H3;3,5-9H,1-2H3;3-4,7-8H,1H3,(H,9,10);1H4. The zero-order chi connectivity index (χ0) is 45.4. The number of aliphatic hydroxyl groups is 15. The highest BCUT2D eigenvalue weighted by atomic mass is 16.5. The normalized spacial score (nSPS) is 34.6. The van der Waals surface area contributed by atoms with E-state index in [4.69, 9.17) is 70.4 Å². The summed E-state index contributed by atoms with van der Waals surface area (Å²) in [4.78, 5) is 40.8. The van der Waals surface area contributed by atoms with E-state index in [1.54, 1.807) is 34.6 Å². The van der Waals surface area contributed by atoms with E-state index < -0.39 is 133 Å². The molecule has 17 N–H and O–H groups in total. The van der Waals surface area contributed by atoms with Crippen molar-refractivity contribution in [1.82, 2.24) is 0 Å². The number of carboxylic acids is 2. The summed E-state index contributed by atoms with van der Waals surface area (Å²) in [5, 5.41) is 151. The highest BCUT2D eigenvalue weighted by Crippen LogP contribution is 2.21. The van der Waals surface area contributed by atoms with Crippen molar-refractivity contribution in [3.63, 3.8) is 0 Å². The maximum Gasteiger partial charge on any atom is 0.335 e. The van der Waals surface area contributed by atoms with Crippen molar-refractivity contribution in [2.75, 3.05) is 6.61 Å². The van der Waals surface area contributed by atoms with Crippen LogP contribution in [-0.2, 0) is 33.4 Å². The Labute approximate surface area is 334 Å². The van der Waals surface area contributed by atoms with E-state index in [9.17, 15) is 49.8 Å². The van der Waals surface area contributed by atoms with E-state index in [2.05, 4.69) is 0 Å². The molecule has 3 aliphatic heterocycles.